The number of nitrogens with zero attached hydrogens (tertiary/aromatic N) is 1. The van der Waals surface area contributed by atoms with Crippen molar-refractivity contribution in [3.63, 3.8) is 0 Å². The molecule has 55 heavy (non-hydrogen) atoms. The Bertz CT molecular complexity index is 2260. The van der Waals surface area contributed by atoms with Crippen LogP contribution in [-0.4, -0.2) is 37.0 Å². The first-order valence-corrected chi connectivity index (χ1v) is 17.9. The first-order chi connectivity index (χ1) is 26.2. The number of nitriles is 1. The lowest BCUT2D eigenvalue weighted by Gasteiger charge is -2.31. The smallest absolute Gasteiger partial charge is 0.328 e. The molecule has 0 saturated heterocycles. The number of halogens is 3. The molecule has 0 bridgehead atoms. The molecule has 0 spiro atoms. The average molecular weight is 798 g/mol. The monoisotopic (exact) mass is 796 g/mol. The number of rotatable bonds is 10. The Morgan fingerprint density at radius 3 is 2.27 bits per heavy atom. The molecule has 0 radical (unpaired) electrons. The van der Waals surface area contributed by atoms with E-state index in [1.54, 1.807) is 48.5 Å². The Balaban J connectivity index is 0.00000514. The number of esters is 1. The summed E-state index contributed by atoms with van der Waals surface area (Å²) in [5.41, 5.74) is 7.22. The maximum absolute atomic E-state index is 13.5. The third-order valence-corrected chi connectivity index (χ3v) is 10.2. The number of hydrogen-bond acceptors (Lipinski definition) is 8. The molecule has 0 aliphatic carbocycles. The van der Waals surface area contributed by atoms with Gasteiger partial charge in [-0.05, 0) is 88.3 Å². The molecule has 2 heterocycles. The number of carbonyl (C=O) groups is 3. The summed E-state index contributed by atoms with van der Waals surface area (Å²) in [7, 11) is 1.29. The van der Waals surface area contributed by atoms with Crippen molar-refractivity contribution in [2.24, 2.45) is 0 Å². The van der Waals surface area contributed by atoms with E-state index in [1.165, 1.54) is 7.11 Å². The predicted octanol–water partition coefficient (Wildman–Crippen LogP) is 7.52. The molecule has 2 unspecified atom stereocenters. The van der Waals surface area contributed by atoms with Crippen LogP contribution in [0.15, 0.2) is 103 Å². The van der Waals surface area contributed by atoms with Crippen molar-refractivity contribution in [2.45, 2.75) is 44.2 Å². The molecule has 2 aliphatic heterocycles. The molecule has 3 atom stereocenters. The average Bonchev–Trinajstić information content (AvgIpc) is 3.20. The van der Waals surface area contributed by atoms with Crippen LogP contribution < -0.4 is 25.4 Å². The molecule has 280 valence electrons. The zero-order valence-electron chi connectivity index (χ0n) is 29.4. The summed E-state index contributed by atoms with van der Waals surface area (Å²) in [6.45, 7) is 0.683. The SMILES string of the molecule is COC(=O)[C@H](Cc1ccc(-c2ccc(C#N)cc2)cc1)NC(=O)C1Cc2cc3c(cc2CN1)OC(c1ccc(OCc2ccc(Cl)c(Cl)c2)cc1)C(=O)N3.Cl. The van der Waals surface area contributed by atoms with Crippen molar-refractivity contribution in [1.82, 2.24) is 10.6 Å². The van der Waals surface area contributed by atoms with Crippen LogP contribution in [-0.2, 0) is 45.1 Å². The van der Waals surface area contributed by atoms with Crippen LogP contribution in [0.1, 0.15) is 39.5 Å². The van der Waals surface area contributed by atoms with E-state index in [0.717, 1.165) is 33.4 Å². The van der Waals surface area contributed by atoms with Gasteiger partial charge in [0, 0.05) is 18.5 Å². The lowest BCUT2D eigenvalue weighted by atomic mass is 9.93. The Hall–Kier alpha value is -5.57. The molecule has 10 nitrogen and oxygen atoms in total. The molecule has 5 aromatic rings. The Labute approximate surface area is 334 Å². The van der Waals surface area contributed by atoms with Gasteiger partial charge in [-0.3, -0.25) is 9.59 Å². The van der Waals surface area contributed by atoms with Crippen LogP contribution in [0.25, 0.3) is 11.1 Å². The largest absolute Gasteiger partial charge is 0.489 e. The number of amides is 2. The standard InChI is InChI=1S/C42H34Cl2N4O6.ClH/c1-52-42(51)37(17-24-2-7-27(8-3-24)28-9-4-25(21-45)5-10-28)48-40(49)36-19-30-18-35-38(20-31(30)22-46-36)54-39(41(50)47-35)29-11-13-32(14-12-29)53-23-26-6-15-33(43)34(44)16-26;/h2-16,18,20,36-37,39,46H,17,19,22-23H2,1H3,(H,47,50)(H,48,49);1H/t36?,37-,39?;/m0./s1. The number of anilines is 1. The fourth-order valence-electron chi connectivity index (χ4n) is 6.47. The van der Waals surface area contributed by atoms with Crippen LogP contribution in [0.5, 0.6) is 11.5 Å². The highest BCUT2D eigenvalue weighted by atomic mass is 35.5. The van der Waals surface area contributed by atoms with E-state index in [2.05, 4.69) is 22.0 Å². The van der Waals surface area contributed by atoms with Gasteiger partial charge in [-0.1, -0.05) is 77.8 Å². The number of carbonyl (C=O) groups excluding carboxylic acids is 3. The zero-order valence-corrected chi connectivity index (χ0v) is 31.8. The lowest BCUT2D eigenvalue weighted by Crippen LogP contribution is -2.53. The summed E-state index contributed by atoms with van der Waals surface area (Å²) in [4.78, 5) is 39.5. The van der Waals surface area contributed by atoms with Gasteiger partial charge in [0.25, 0.3) is 5.91 Å². The van der Waals surface area contributed by atoms with E-state index in [0.29, 0.717) is 57.9 Å². The van der Waals surface area contributed by atoms with E-state index < -0.39 is 24.2 Å². The summed E-state index contributed by atoms with van der Waals surface area (Å²) in [6.07, 6.45) is -0.288. The normalized spacial score (nSPS) is 16.1. The van der Waals surface area contributed by atoms with Gasteiger partial charge >= 0.3 is 5.97 Å². The zero-order chi connectivity index (χ0) is 37.8. The fraction of sp³-hybridized carbons (Fsp3) is 0.190. The van der Waals surface area contributed by atoms with E-state index >= 15 is 0 Å². The van der Waals surface area contributed by atoms with Crippen LogP contribution in [0.2, 0.25) is 10.0 Å². The third kappa shape index (κ3) is 9.05. The van der Waals surface area contributed by atoms with Crippen molar-refractivity contribution in [2.75, 3.05) is 12.4 Å². The summed E-state index contributed by atoms with van der Waals surface area (Å²) in [5.74, 6) is -0.0646. The second kappa shape index (κ2) is 17.3. The minimum Gasteiger partial charge on any atom is -0.489 e. The topological polar surface area (TPSA) is 139 Å². The number of ether oxygens (including phenoxy) is 3. The van der Waals surface area contributed by atoms with E-state index in [4.69, 9.17) is 42.7 Å². The predicted molar refractivity (Wildman–Crippen MR) is 212 cm³/mol. The summed E-state index contributed by atoms with van der Waals surface area (Å²) < 4.78 is 17.1. The van der Waals surface area contributed by atoms with Gasteiger partial charge < -0.3 is 30.2 Å². The minimum atomic E-state index is -0.900. The molecular weight excluding hydrogens is 763 g/mol. The highest BCUT2D eigenvalue weighted by Gasteiger charge is 2.33. The van der Waals surface area contributed by atoms with E-state index in [-0.39, 0.29) is 30.6 Å². The number of nitrogens with one attached hydrogen (secondary N) is 3. The van der Waals surface area contributed by atoms with Crippen LogP contribution in [0, 0.1) is 11.3 Å². The second-order valence-electron chi connectivity index (χ2n) is 13.0. The van der Waals surface area contributed by atoms with Gasteiger partial charge in [-0.15, -0.1) is 12.4 Å². The highest BCUT2D eigenvalue weighted by molar-refractivity contribution is 6.42. The van der Waals surface area contributed by atoms with Crippen molar-refractivity contribution >= 4 is 59.1 Å². The number of fused-ring (bicyclic) bond motifs is 2. The highest BCUT2D eigenvalue weighted by Crippen LogP contribution is 2.38. The molecule has 0 aromatic heterocycles. The Morgan fingerprint density at radius 1 is 0.909 bits per heavy atom. The number of hydrogen-bond donors (Lipinski definition) is 3. The molecule has 0 fully saturated rings. The molecule has 0 saturated carbocycles. The lowest BCUT2D eigenvalue weighted by molar-refractivity contribution is -0.145. The molecule has 3 N–H and O–H groups in total. The van der Waals surface area contributed by atoms with Crippen molar-refractivity contribution in [3.8, 4) is 28.7 Å². The van der Waals surface area contributed by atoms with E-state index in [1.807, 2.05) is 54.6 Å². The first-order valence-electron chi connectivity index (χ1n) is 17.2. The summed E-state index contributed by atoms with van der Waals surface area (Å²) in [5, 5.41) is 19.1. The maximum atomic E-state index is 13.5. The maximum Gasteiger partial charge on any atom is 0.328 e. The fourth-order valence-corrected chi connectivity index (χ4v) is 6.80. The van der Waals surface area contributed by atoms with Gasteiger partial charge in [-0.2, -0.15) is 5.26 Å². The molecule has 2 aliphatic rings. The molecule has 5 aromatic carbocycles. The van der Waals surface area contributed by atoms with E-state index in [9.17, 15) is 14.4 Å². The summed E-state index contributed by atoms with van der Waals surface area (Å²) in [6, 6.07) is 31.7. The van der Waals surface area contributed by atoms with Crippen molar-refractivity contribution < 1.29 is 28.6 Å². The van der Waals surface area contributed by atoms with Gasteiger partial charge in [-0.25, -0.2) is 4.79 Å². The number of benzene rings is 5. The molecule has 13 heteroatoms. The quantitative estimate of drug-likeness (QED) is 0.124. The Morgan fingerprint density at radius 2 is 1.60 bits per heavy atom. The minimum absolute atomic E-state index is 0. The number of methoxy groups -OCH3 is 1. The molecule has 7 rings (SSSR count). The van der Waals surface area contributed by atoms with Gasteiger partial charge in [0.15, 0.2) is 0 Å². The molecule has 2 amide bonds. The Kier molecular flexibility index (Phi) is 12.3. The van der Waals surface area contributed by atoms with Gasteiger partial charge in [0.2, 0.25) is 12.0 Å². The van der Waals surface area contributed by atoms with Crippen LogP contribution >= 0.6 is 35.6 Å². The van der Waals surface area contributed by atoms with Crippen molar-refractivity contribution in [1.29, 1.82) is 5.26 Å². The van der Waals surface area contributed by atoms with Gasteiger partial charge in [0.1, 0.15) is 24.1 Å². The first kappa shape index (κ1) is 39.1. The van der Waals surface area contributed by atoms with Crippen LogP contribution in [0.3, 0.4) is 0 Å². The molecular formula is C42H35Cl3N4O6. The van der Waals surface area contributed by atoms with Gasteiger partial charge in [0.05, 0.1) is 40.5 Å². The van der Waals surface area contributed by atoms with Crippen LogP contribution in [0.4, 0.5) is 5.69 Å². The third-order valence-electron chi connectivity index (χ3n) is 9.44. The van der Waals surface area contributed by atoms with Crippen molar-refractivity contribution in [3.05, 3.63) is 147 Å². The summed E-state index contributed by atoms with van der Waals surface area (Å²) >= 11 is 12.1. The second-order valence-corrected chi connectivity index (χ2v) is 13.8.